The molecule has 0 saturated carbocycles. The van der Waals surface area contributed by atoms with E-state index >= 15 is 0 Å². The van der Waals surface area contributed by atoms with Gasteiger partial charge in [-0.3, -0.25) is 0 Å². The quantitative estimate of drug-likeness (QED) is 0.870. The van der Waals surface area contributed by atoms with Crippen molar-refractivity contribution in [3.8, 4) is 0 Å². The Hall–Kier alpha value is -1.58. The molecule has 3 heteroatoms. The molecule has 2 unspecified atom stereocenters. The van der Waals surface area contributed by atoms with E-state index in [2.05, 4.69) is 0 Å². The summed E-state index contributed by atoms with van der Waals surface area (Å²) in [6.07, 6.45) is 0.966. The summed E-state index contributed by atoms with van der Waals surface area (Å²) in [4.78, 5) is 0. The van der Waals surface area contributed by atoms with Crippen LogP contribution in [0, 0.1) is 13.8 Å². The highest BCUT2D eigenvalue weighted by atomic mass is 16.3. The molecule has 2 atom stereocenters. The average Bonchev–Trinajstić information content (AvgIpc) is 2.78. The number of furan rings is 1. The van der Waals surface area contributed by atoms with Crippen molar-refractivity contribution in [1.29, 1.82) is 0 Å². The number of benzene rings is 1. The van der Waals surface area contributed by atoms with Gasteiger partial charge in [-0.25, -0.2) is 0 Å². The zero-order valence-corrected chi connectivity index (χ0v) is 10.8. The van der Waals surface area contributed by atoms with Gasteiger partial charge < -0.3 is 15.3 Å². The van der Waals surface area contributed by atoms with E-state index in [0.29, 0.717) is 6.54 Å². The SMILES string of the molecule is Cc1ccc(C(CN)C(O)c2ccoc2C)cc1. The van der Waals surface area contributed by atoms with E-state index in [9.17, 15) is 5.11 Å². The van der Waals surface area contributed by atoms with Crippen molar-refractivity contribution < 1.29 is 9.52 Å². The van der Waals surface area contributed by atoms with Gasteiger partial charge in [-0.15, -0.1) is 0 Å². The van der Waals surface area contributed by atoms with Gasteiger partial charge in [0, 0.05) is 18.0 Å². The number of hydrogen-bond donors (Lipinski definition) is 2. The molecule has 0 radical (unpaired) electrons. The molecule has 3 N–H and O–H groups in total. The smallest absolute Gasteiger partial charge is 0.106 e. The lowest BCUT2D eigenvalue weighted by Gasteiger charge is -2.21. The highest BCUT2D eigenvalue weighted by Crippen LogP contribution is 2.32. The minimum absolute atomic E-state index is 0.109. The molecule has 0 spiro atoms. The number of hydrogen-bond acceptors (Lipinski definition) is 3. The van der Waals surface area contributed by atoms with Crippen LogP contribution < -0.4 is 5.73 Å². The molecule has 1 aromatic heterocycles. The van der Waals surface area contributed by atoms with Crippen molar-refractivity contribution in [3.63, 3.8) is 0 Å². The maximum Gasteiger partial charge on any atom is 0.106 e. The Labute approximate surface area is 107 Å². The Morgan fingerprint density at radius 3 is 2.33 bits per heavy atom. The van der Waals surface area contributed by atoms with E-state index in [-0.39, 0.29) is 5.92 Å². The molecule has 2 rings (SSSR count). The number of aliphatic hydroxyl groups is 1. The van der Waals surface area contributed by atoms with Crippen LogP contribution in [0.2, 0.25) is 0 Å². The first kappa shape index (κ1) is 12.9. The summed E-state index contributed by atoms with van der Waals surface area (Å²) in [6, 6.07) is 9.91. The molecule has 0 saturated heterocycles. The third kappa shape index (κ3) is 2.47. The van der Waals surface area contributed by atoms with Crippen molar-refractivity contribution in [3.05, 3.63) is 59.0 Å². The third-order valence-electron chi connectivity index (χ3n) is 3.36. The molecule has 3 nitrogen and oxygen atoms in total. The highest BCUT2D eigenvalue weighted by molar-refractivity contribution is 5.29. The molecule has 1 heterocycles. The van der Waals surface area contributed by atoms with E-state index in [0.717, 1.165) is 16.9 Å². The summed E-state index contributed by atoms with van der Waals surface area (Å²) in [7, 11) is 0. The Balaban J connectivity index is 2.28. The first-order chi connectivity index (χ1) is 8.63. The van der Waals surface area contributed by atoms with E-state index in [4.69, 9.17) is 10.2 Å². The molecule has 0 aliphatic rings. The summed E-state index contributed by atoms with van der Waals surface area (Å²) in [5.41, 5.74) is 8.87. The molecule has 0 aliphatic heterocycles. The number of nitrogens with two attached hydrogens (primary N) is 1. The zero-order valence-electron chi connectivity index (χ0n) is 10.8. The van der Waals surface area contributed by atoms with E-state index in [1.807, 2.05) is 38.1 Å². The van der Waals surface area contributed by atoms with E-state index in [1.54, 1.807) is 12.3 Å². The second-order valence-corrected chi connectivity index (χ2v) is 4.63. The standard InChI is InChI=1S/C15H19NO2/c1-10-3-5-12(6-4-10)14(9-16)15(17)13-7-8-18-11(13)2/h3-8,14-15,17H,9,16H2,1-2H3. The summed E-state index contributed by atoms with van der Waals surface area (Å²) >= 11 is 0. The van der Waals surface area contributed by atoms with E-state index < -0.39 is 6.10 Å². The summed E-state index contributed by atoms with van der Waals surface area (Å²) in [5.74, 6) is 0.634. The lowest BCUT2D eigenvalue weighted by atomic mass is 9.89. The van der Waals surface area contributed by atoms with Crippen LogP contribution in [0.1, 0.15) is 34.5 Å². The van der Waals surface area contributed by atoms with Crippen LogP contribution in [0.5, 0.6) is 0 Å². The van der Waals surface area contributed by atoms with E-state index in [1.165, 1.54) is 5.56 Å². The van der Waals surface area contributed by atoms with Gasteiger partial charge in [0.05, 0.1) is 12.4 Å². The minimum Gasteiger partial charge on any atom is -0.469 e. The minimum atomic E-state index is -0.628. The van der Waals surface area contributed by atoms with Crippen LogP contribution in [0.25, 0.3) is 0 Å². The van der Waals surface area contributed by atoms with Crippen LogP contribution in [0.4, 0.5) is 0 Å². The van der Waals surface area contributed by atoms with Crippen molar-refractivity contribution in [2.45, 2.75) is 25.9 Å². The molecule has 0 amide bonds. The predicted octanol–water partition coefficient (Wildman–Crippen LogP) is 2.67. The van der Waals surface area contributed by atoms with Crippen LogP contribution >= 0.6 is 0 Å². The molecule has 0 bridgehead atoms. The Morgan fingerprint density at radius 1 is 1.17 bits per heavy atom. The summed E-state index contributed by atoms with van der Waals surface area (Å²) in [6.45, 7) is 4.29. The first-order valence-electron chi connectivity index (χ1n) is 6.12. The predicted molar refractivity (Wildman–Crippen MR) is 71.4 cm³/mol. The third-order valence-corrected chi connectivity index (χ3v) is 3.36. The largest absolute Gasteiger partial charge is 0.469 e. The fourth-order valence-corrected chi connectivity index (χ4v) is 2.18. The normalized spacial score (nSPS) is 14.4. The van der Waals surface area contributed by atoms with Gasteiger partial charge in [0.2, 0.25) is 0 Å². The molecule has 2 aromatic rings. The molecule has 96 valence electrons. The molecular weight excluding hydrogens is 226 g/mol. The fourth-order valence-electron chi connectivity index (χ4n) is 2.18. The van der Waals surface area contributed by atoms with Crippen LogP contribution in [-0.4, -0.2) is 11.7 Å². The monoisotopic (exact) mass is 245 g/mol. The Morgan fingerprint density at radius 2 is 1.83 bits per heavy atom. The Bertz CT molecular complexity index is 501. The van der Waals surface area contributed by atoms with Gasteiger partial charge in [0.15, 0.2) is 0 Å². The van der Waals surface area contributed by atoms with Gasteiger partial charge in [-0.2, -0.15) is 0 Å². The van der Waals surface area contributed by atoms with Crippen LogP contribution in [-0.2, 0) is 0 Å². The summed E-state index contributed by atoms with van der Waals surface area (Å²) < 4.78 is 5.23. The number of aliphatic hydroxyl groups excluding tert-OH is 1. The maximum absolute atomic E-state index is 10.4. The topological polar surface area (TPSA) is 59.4 Å². The van der Waals surface area contributed by atoms with Gasteiger partial charge in [-0.05, 0) is 25.5 Å². The van der Waals surface area contributed by atoms with Crippen molar-refractivity contribution in [2.75, 3.05) is 6.54 Å². The number of aryl methyl sites for hydroxylation is 2. The second kappa shape index (κ2) is 5.38. The number of rotatable bonds is 4. The van der Waals surface area contributed by atoms with Crippen LogP contribution in [0.3, 0.4) is 0 Å². The van der Waals surface area contributed by atoms with Crippen molar-refractivity contribution in [1.82, 2.24) is 0 Å². The lowest BCUT2D eigenvalue weighted by molar-refractivity contribution is 0.145. The van der Waals surface area contributed by atoms with Gasteiger partial charge >= 0.3 is 0 Å². The highest BCUT2D eigenvalue weighted by Gasteiger charge is 2.23. The van der Waals surface area contributed by atoms with Crippen LogP contribution in [0.15, 0.2) is 41.0 Å². The maximum atomic E-state index is 10.4. The average molecular weight is 245 g/mol. The molecule has 1 aromatic carbocycles. The first-order valence-corrected chi connectivity index (χ1v) is 6.12. The van der Waals surface area contributed by atoms with Crippen molar-refractivity contribution in [2.24, 2.45) is 5.73 Å². The fraction of sp³-hybridized carbons (Fsp3) is 0.333. The van der Waals surface area contributed by atoms with Crippen molar-refractivity contribution >= 4 is 0 Å². The summed E-state index contributed by atoms with van der Waals surface area (Å²) in [5, 5.41) is 10.4. The molecular formula is C15H19NO2. The Kier molecular flexibility index (Phi) is 3.84. The molecule has 0 fully saturated rings. The van der Waals surface area contributed by atoms with Gasteiger partial charge in [-0.1, -0.05) is 29.8 Å². The zero-order chi connectivity index (χ0) is 13.1. The van der Waals surface area contributed by atoms with Gasteiger partial charge in [0.1, 0.15) is 5.76 Å². The molecule has 18 heavy (non-hydrogen) atoms. The lowest BCUT2D eigenvalue weighted by Crippen LogP contribution is -2.20. The second-order valence-electron chi connectivity index (χ2n) is 4.63. The molecule has 0 aliphatic carbocycles. The van der Waals surface area contributed by atoms with Gasteiger partial charge in [0.25, 0.3) is 0 Å².